The Morgan fingerprint density at radius 1 is 1.48 bits per heavy atom. The lowest BCUT2D eigenvalue weighted by Gasteiger charge is -2.20. The Kier molecular flexibility index (Phi) is 5.31. The maximum Gasteiger partial charge on any atom is 0.407 e. The number of carbonyl (C=O) groups excluding carboxylic acids is 2. The van der Waals surface area contributed by atoms with Gasteiger partial charge in [-0.2, -0.15) is 5.10 Å². The van der Waals surface area contributed by atoms with Gasteiger partial charge in [0.05, 0.1) is 18.8 Å². The third-order valence-corrected chi connectivity index (χ3v) is 2.56. The number of amides is 1. The van der Waals surface area contributed by atoms with Gasteiger partial charge in [0, 0.05) is 13.6 Å². The molecular formula is C13H22N4O4. The first-order valence-corrected chi connectivity index (χ1v) is 6.48. The SMILES string of the molecule is COC(=O)c1cc(C(N)CNC(=O)OC(C)(C)C)n(C)n1. The summed E-state index contributed by atoms with van der Waals surface area (Å²) in [5, 5.41) is 6.58. The van der Waals surface area contributed by atoms with E-state index in [1.165, 1.54) is 17.9 Å². The predicted molar refractivity (Wildman–Crippen MR) is 75.7 cm³/mol. The lowest BCUT2D eigenvalue weighted by molar-refractivity contribution is 0.0522. The van der Waals surface area contributed by atoms with Crippen molar-refractivity contribution in [2.75, 3.05) is 13.7 Å². The highest BCUT2D eigenvalue weighted by atomic mass is 16.6. The van der Waals surface area contributed by atoms with E-state index in [2.05, 4.69) is 15.2 Å². The van der Waals surface area contributed by atoms with Gasteiger partial charge in [-0.05, 0) is 26.8 Å². The molecule has 1 aromatic rings. The number of methoxy groups -OCH3 is 1. The van der Waals surface area contributed by atoms with Crippen LogP contribution in [0, 0.1) is 0 Å². The second-order valence-electron chi connectivity index (χ2n) is 5.56. The van der Waals surface area contributed by atoms with Crippen molar-refractivity contribution in [3.63, 3.8) is 0 Å². The van der Waals surface area contributed by atoms with Gasteiger partial charge in [0.15, 0.2) is 5.69 Å². The van der Waals surface area contributed by atoms with Crippen LogP contribution in [0.4, 0.5) is 4.79 Å². The molecule has 0 radical (unpaired) electrons. The Hall–Kier alpha value is -2.09. The van der Waals surface area contributed by atoms with E-state index in [9.17, 15) is 9.59 Å². The second-order valence-corrected chi connectivity index (χ2v) is 5.56. The number of nitrogens with one attached hydrogen (secondary N) is 1. The first-order valence-electron chi connectivity index (χ1n) is 6.48. The van der Waals surface area contributed by atoms with Gasteiger partial charge >= 0.3 is 12.1 Å². The smallest absolute Gasteiger partial charge is 0.407 e. The Morgan fingerprint density at radius 3 is 2.62 bits per heavy atom. The monoisotopic (exact) mass is 298 g/mol. The molecule has 1 heterocycles. The molecule has 0 saturated heterocycles. The Bertz CT molecular complexity index is 519. The van der Waals surface area contributed by atoms with Crippen molar-refractivity contribution in [1.82, 2.24) is 15.1 Å². The average molecular weight is 298 g/mol. The van der Waals surface area contributed by atoms with Crippen LogP contribution in [0.25, 0.3) is 0 Å². The highest BCUT2D eigenvalue weighted by molar-refractivity contribution is 5.87. The maximum atomic E-state index is 11.6. The van der Waals surface area contributed by atoms with Gasteiger partial charge in [-0.1, -0.05) is 0 Å². The lowest BCUT2D eigenvalue weighted by atomic mass is 10.2. The first kappa shape index (κ1) is 17.0. The minimum absolute atomic E-state index is 0.162. The fourth-order valence-electron chi connectivity index (χ4n) is 1.65. The van der Waals surface area contributed by atoms with Gasteiger partial charge in [0.25, 0.3) is 0 Å². The molecule has 3 N–H and O–H groups in total. The summed E-state index contributed by atoms with van der Waals surface area (Å²) >= 11 is 0. The maximum absolute atomic E-state index is 11.6. The number of nitrogens with zero attached hydrogens (tertiary/aromatic N) is 2. The van der Waals surface area contributed by atoms with Crippen molar-refractivity contribution >= 4 is 12.1 Å². The number of ether oxygens (including phenoxy) is 2. The Morgan fingerprint density at radius 2 is 2.10 bits per heavy atom. The van der Waals surface area contributed by atoms with E-state index >= 15 is 0 Å². The van der Waals surface area contributed by atoms with Crippen LogP contribution < -0.4 is 11.1 Å². The molecule has 118 valence electrons. The van der Waals surface area contributed by atoms with E-state index < -0.39 is 23.7 Å². The number of hydrogen-bond acceptors (Lipinski definition) is 6. The van der Waals surface area contributed by atoms with Crippen molar-refractivity contribution in [3.05, 3.63) is 17.5 Å². The molecule has 0 saturated carbocycles. The number of nitrogens with two attached hydrogens (primary N) is 1. The summed E-state index contributed by atoms with van der Waals surface area (Å²) in [5.74, 6) is -0.538. The van der Waals surface area contributed by atoms with Crippen LogP contribution in [-0.4, -0.2) is 41.1 Å². The van der Waals surface area contributed by atoms with Crippen LogP contribution in [0.5, 0.6) is 0 Å². The van der Waals surface area contributed by atoms with Gasteiger partial charge in [0.2, 0.25) is 0 Å². The zero-order valence-electron chi connectivity index (χ0n) is 13.0. The van der Waals surface area contributed by atoms with Crippen LogP contribution in [0.3, 0.4) is 0 Å². The number of hydrogen-bond donors (Lipinski definition) is 2. The van der Waals surface area contributed by atoms with Gasteiger partial charge < -0.3 is 20.5 Å². The number of carbonyl (C=O) groups is 2. The van der Waals surface area contributed by atoms with Crippen LogP contribution in [0.2, 0.25) is 0 Å². The number of alkyl carbamates (subject to hydrolysis) is 1. The van der Waals surface area contributed by atoms with Crippen molar-refractivity contribution in [3.8, 4) is 0 Å². The molecule has 1 amide bonds. The molecule has 0 aliphatic heterocycles. The lowest BCUT2D eigenvalue weighted by Crippen LogP contribution is -2.37. The highest BCUT2D eigenvalue weighted by Crippen LogP contribution is 2.12. The van der Waals surface area contributed by atoms with Gasteiger partial charge in [-0.25, -0.2) is 9.59 Å². The zero-order chi connectivity index (χ0) is 16.2. The van der Waals surface area contributed by atoms with Gasteiger partial charge in [-0.15, -0.1) is 0 Å². The molecule has 1 aromatic heterocycles. The number of rotatable bonds is 4. The van der Waals surface area contributed by atoms with Gasteiger partial charge in [-0.3, -0.25) is 4.68 Å². The summed E-state index contributed by atoms with van der Waals surface area (Å²) in [6, 6.07) is 1.02. The van der Waals surface area contributed by atoms with Crippen molar-refractivity contribution in [2.24, 2.45) is 12.8 Å². The summed E-state index contributed by atoms with van der Waals surface area (Å²) in [4.78, 5) is 22.9. The quantitative estimate of drug-likeness (QED) is 0.793. The molecule has 0 aromatic carbocycles. The summed E-state index contributed by atoms with van der Waals surface area (Å²) in [5.41, 5.74) is 6.18. The van der Waals surface area contributed by atoms with Gasteiger partial charge in [0.1, 0.15) is 5.60 Å². The summed E-state index contributed by atoms with van der Waals surface area (Å²) < 4.78 is 11.2. The largest absolute Gasteiger partial charge is 0.464 e. The number of aromatic nitrogens is 2. The molecule has 1 unspecified atom stereocenters. The average Bonchev–Trinajstić information content (AvgIpc) is 2.75. The molecule has 0 aliphatic carbocycles. The molecule has 21 heavy (non-hydrogen) atoms. The third-order valence-electron chi connectivity index (χ3n) is 2.56. The fraction of sp³-hybridized carbons (Fsp3) is 0.615. The van der Waals surface area contributed by atoms with E-state index in [1.54, 1.807) is 27.8 Å². The van der Waals surface area contributed by atoms with E-state index in [0.29, 0.717) is 5.69 Å². The molecule has 0 fully saturated rings. The number of esters is 1. The van der Waals surface area contributed by atoms with Crippen LogP contribution >= 0.6 is 0 Å². The topological polar surface area (TPSA) is 108 Å². The summed E-state index contributed by atoms with van der Waals surface area (Å²) in [6.07, 6.45) is -0.548. The normalized spacial score (nSPS) is 12.7. The predicted octanol–water partition coefficient (Wildman–Crippen LogP) is 0.731. The first-order chi connectivity index (χ1) is 9.64. The third kappa shape index (κ3) is 5.07. The molecule has 8 nitrogen and oxygen atoms in total. The Balaban J connectivity index is 2.64. The molecule has 1 atom stereocenters. The molecule has 1 rings (SSSR count). The van der Waals surface area contributed by atoms with E-state index in [-0.39, 0.29) is 12.2 Å². The minimum atomic E-state index is -0.571. The number of aryl methyl sites for hydroxylation is 1. The van der Waals surface area contributed by atoms with E-state index in [1.807, 2.05) is 0 Å². The van der Waals surface area contributed by atoms with Crippen LogP contribution in [0.1, 0.15) is 43.0 Å². The molecule has 0 bridgehead atoms. The zero-order valence-corrected chi connectivity index (χ0v) is 13.0. The summed E-state index contributed by atoms with van der Waals surface area (Å²) in [7, 11) is 2.94. The standard InChI is InChI=1S/C13H22N4O4/c1-13(2,3)21-12(19)15-7-8(14)10-6-9(11(18)20-5)16-17(10)4/h6,8H,7,14H2,1-5H3,(H,15,19). The van der Waals surface area contributed by atoms with Crippen LogP contribution in [-0.2, 0) is 16.5 Å². The van der Waals surface area contributed by atoms with Crippen molar-refractivity contribution in [2.45, 2.75) is 32.4 Å². The Labute approximate surface area is 123 Å². The van der Waals surface area contributed by atoms with E-state index in [4.69, 9.17) is 10.5 Å². The van der Waals surface area contributed by atoms with Crippen LogP contribution in [0.15, 0.2) is 6.07 Å². The molecule has 8 heteroatoms. The second kappa shape index (κ2) is 6.57. The van der Waals surface area contributed by atoms with Crippen molar-refractivity contribution < 1.29 is 19.1 Å². The minimum Gasteiger partial charge on any atom is -0.464 e. The summed E-state index contributed by atoms with van der Waals surface area (Å²) in [6.45, 7) is 5.48. The van der Waals surface area contributed by atoms with E-state index in [0.717, 1.165) is 0 Å². The highest BCUT2D eigenvalue weighted by Gasteiger charge is 2.20. The molecule has 0 spiro atoms. The molecule has 0 aliphatic rings. The fourth-order valence-corrected chi connectivity index (χ4v) is 1.65. The molecular weight excluding hydrogens is 276 g/mol. The van der Waals surface area contributed by atoms with Crippen molar-refractivity contribution in [1.29, 1.82) is 0 Å².